The van der Waals surface area contributed by atoms with Gasteiger partial charge in [-0.15, -0.1) is 0 Å². The van der Waals surface area contributed by atoms with E-state index in [0.29, 0.717) is 22.7 Å². The summed E-state index contributed by atoms with van der Waals surface area (Å²) in [5.74, 6) is -1.33. The summed E-state index contributed by atoms with van der Waals surface area (Å²) in [5.41, 5.74) is 2.94. The zero-order valence-corrected chi connectivity index (χ0v) is 23.6. The van der Waals surface area contributed by atoms with E-state index in [0.717, 1.165) is 11.3 Å². The third-order valence-corrected chi connectivity index (χ3v) is 6.45. The Bertz CT molecular complexity index is 1560. The van der Waals surface area contributed by atoms with Gasteiger partial charge in [0.15, 0.2) is 6.61 Å². The van der Waals surface area contributed by atoms with Gasteiger partial charge in [-0.2, -0.15) is 0 Å². The van der Waals surface area contributed by atoms with Crippen LogP contribution in [0.2, 0.25) is 0 Å². The summed E-state index contributed by atoms with van der Waals surface area (Å²) in [4.78, 5) is 53.0. The average Bonchev–Trinajstić information content (AvgIpc) is 3.02. The summed E-state index contributed by atoms with van der Waals surface area (Å²) in [6.07, 6.45) is -0.181. The molecule has 0 saturated carbocycles. The van der Waals surface area contributed by atoms with Crippen molar-refractivity contribution in [3.8, 4) is 5.75 Å². The highest BCUT2D eigenvalue weighted by molar-refractivity contribution is 5.99. The molecule has 4 rings (SSSR count). The number of rotatable bonds is 12. The van der Waals surface area contributed by atoms with Crippen LogP contribution in [0.15, 0.2) is 109 Å². The predicted molar refractivity (Wildman–Crippen MR) is 164 cm³/mol. The van der Waals surface area contributed by atoms with Gasteiger partial charge in [0.25, 0.3) is 5.91 Å². The van der Waals surface area contributed by atoms with Crippen LogP contribution in [0.1, 0.15) is 11.1 Å². The smallest absolute Gasteiger partial charge is 0.319 e. The van der Waals surface area contributed by atoms with Gasteiger partial charge in [-0.25, -0.2) is 4.79 Å². The molecule has 0 fully saturated rings. The van der Waals surface area contributed by atoms with Crippen molar-refractivity contribution in [2.45, 2.75) is 13.0 Å². The molecular weight excluding hydrogens is 548 g/mol. The second-order valence-corrected chi connectivity index (χ2v) is 9.59. The fraction of sp³-hybridized carbons (Fsp3) is 0.152. The minimum atomic E-state index is -0.984. The minimum absolute atomic E-state index is 0.181. The van der Waals surface area contributed by atoms with E-state index in [4.69, 9.17) is 9.84 Å². The lowest BCUT2D eigenvalue weighted by Crippen LogP contribution is -2.41. The van der Waals surface area contributed by atoms with Gasteiger partial charge in [-0.05, 0) is 47.5 Å². The van der Waals surface area contributed by atoms with Crippen molar-refractivity contribution in [3.05, 3.63) is 120 Å². The van der Waals surface area contributed by atoms with Crippen LogP contribution in [0, 0.1) is 0 Å². The number of likely N-dealkylation sites (N-methyl/N-ethyl adjacent to an activating group) is 1. The second kappa shape index (κ2) is 14.8. The third-order valence-electron chi connectivity index (χ3n) is 6.45. The molecule has 4 aromatic carbocycles. The van der Waals surface area contributed by atoms with Gasteiger partial charge in [0.2, 0.25) is 5.91 Å². The third kappa shape index (κ3) is 8.92. The van der Waals surface area contributed by atoms with E-state index < -0.39 is 17.9 Å². The van der Waals surface area contributed by atoms with Gasteiger partial charge in [0.1, 0.15) is 5.75 Å². The van der Waals surface area contributed by atoms with Gasteiger partial charge >= 0.3 is 12.0 Å². The summed E-state index contributed by atoms with van der Waals surface area (Å²) in [7, 11) is 1.66. The minimum Gasteiger partial charge on any atom is -0.482 e. The zero-order chi connectivity index (χ0) is 30.6. The topological polar surface area (TPSA) is 128 Å². The summed E-state index contributed by atoms with van der Waals surface area (Å²) in [6, 6.07) is 31.3. The van der Waals surface area contributed by atoms with Crippen molar-refractivity contribution in [1.29, 1.82) is 0 Å². The van der Waals surface area contributed by atoms with Crippen LogP contribution >= 0.6 is 0 Å². The summed E-state index contributed by atoms with van der Waals surface area (Å²) < 4.78 is 5.93. The van der Waals surface area contributed by atoms with Gasteiger partial charge in [0, 0.05) is 18.4 Å². The molecule has 0 bridgehead atoms. The molecule has 0 radical (unpaired) electrons. The maximum Gasteiger partial charge on any atom is 0.319 e. The molecule has 0 aromatic heterocycles. The SMILES string of the molecule is CN(C(=O)COc1ccccc1N(Cc1ccccc1)C(=O)CNC(=O)Nc1cccc(CC(=O)O)c1)c1ccccc1. The molecule has 0 atom stereocenters. The van der Waals surface area contributed by atoms with E-state index in [9.17, 15) is 19.2 Å². The van der Waals surface area contributed by atoms with E-state index in [2.05, 4.69) is 10.6 Å². The number of nitrogens with zero attached hydrogens (tertiary/aromatic N) is 2. The number of carboxylic acids is 1. The van der Waals surface area contributed by atoms with Gasteiger partial charge in [-0.3, -0.25) is 14.4 Å². The number of benzene rings is 4. The molecule has 0 aliphatic rings. The fourth-order valence-corrected chi connectivity index (χ4v) is 4.27. The summed E-state index contributed by atoms with van der Waals surface area (Å²) in [6.45, 7) is -0.396. The van der Waals surface area contributed by atoms with Crippen molar-refractivity contribution < 1.29 is 29.0 Å². The Balaban J connectivity index is 1.47. The monoisotopic (exact) mass is 580 g/mol. The first-order chi connectivity index (χ1) is 20.8. The van der Waals surface area contributed by atoms with Crippen molar-refractivity contribution in [2.24, 2.45) is 0 Å². The maximum absolute atomic E-state index is 13.6. The normalized spacial score (nSPS) is 10.3. The largest absolute Gasteiger partial charge is 0.482 e. The number of para-hydroxylation sites is 3. The number of amides is 4. The highest BCUT2D eigenvalue weighted by Gasteiger charge is 2.22. The molecule has 0 aliphatic carbocycles. The summed E-state index contributed by atoms with van der Waals surface area (Å²) in [5, 5.41) is 14.2. The molecule has 0 aliphatic heterocycles. The van der Waals surface area contributed by atoms with Gasteiger partial charge < -0.3 is 30.3 Å². The van der Waals surface area contributed by atoms with Crippen molar-refractivity contribution in [3.63, 3.8) is 0 Å². The number of ether oxygens (including phenoxy) is 1. The molecule has 3 N–H and O–H groups in total. The van der Waals surface area contributed by atoms with Crippen LogP contribution in [0.5, 0.6) is 5.75 Å². The molecule has 0 spiro atoms. The Hall–Kier alpha value is -5.64. The molecule has 4 amide bonds. The van der Waals surface area contributed by atoms with Crippen LogP contribution in [-0.4, -0.2) is 49.1 Å². The molecule has 43 heavy (non-hydrogen) atoms. The Kier molecular flexibility index (Phi) is 10.5. The number of hydrogen-bond donors (Lipinski definition) is 3. The number of anilines is 3. The van der Waals surface area contributed by atoms with Gasteiger partial charge in [0.05, 0.1) is 25.2 Å². The van der Waals surface area contributed by atoms with Gasteiger partial charge in [-0.1, -0.05) is 72.8 Å². The van der Waals surface area contributed by atoms with E-state index in [1.165, 1.54) is 9.80 Å². The second-order valence-electron chi connectivity index (χ2n) is 9.59. The lowest BCUT2D eigenvalue weighted by molar-refractivity contribution is -0.136. The zero-order valence-electron chi connectivity index (χ0n) is 23.6. The number of hydrogen-bond acceptors (Lipinski definition) is 5. The number of nitrogens with one attached hydrogen (secondary N) is 2. The lowest BCUT2D eigenvalue weighted by Gasteiger charge is -2.26. The Morgan fingerprint density at radius 3 is 2.14 bits per heavy atom. The lowest BCUT2D eigenvalue weighted by atomic mass is 10.1. The summed E-state index contributed by atoms with van der Waals surface area (Å²) >= 11 is 0. The first kappa shape index (κ1) is 30.3. The number of carbonyl (C=O) groups excluding carboxylic acids is 3. The number of carboxylic acid groups (broad SMARTS) is 1. The maximum atomic E-state index is 13.6. The Labute approximate surface area is 249 Å². The first-order valence-electron chi connectivity index (χ1n) is 13.5. The quantitative estimate of drug-likeness (QED) is 0.223. The highest BCUT2D eigenvalue weighted by atomic mass is 16.5. The number of carbonyl (C=O) groups is 4. The molecule has 0 heterocycles. The standard InChI is InChI=1S/C33H32N4O6/c1-36(27-15-6-3-7-16-27)31(39)23-43-29-18-9-8-17-28(29)37(22-24-11-4-2-5-12-24)30(38)21-34-33(42)35-26-14-10-13-25(19-26)20-32(40)41/h2-19H,20-23H2,1H3,(H,40,41)(H2,34,35,42). The van der Waals surface area contributed by atoms with E-state index in [-0.39, 0.29) is 32.0 Å². The van der Waals surface area contributed by atoms with Crippen LogP contribution < -0.4 is 25.2 Å². The molecule has 0 saturated heterocycles. The van der Waals surface area contributed by atoms with Crippen molar-refractivity contribution in [2.75, 3.05) is 35.3 Å². The molecular formula is C33H32N4O6. The number of urea groups is 1. The predicted octanol–water partition coefficient (Wildman–Crippen LogP) is 4.71. The van der Waals surface area contributed by atoms with Crippen LogP contribution in [0.25, 0.3) is 0 Å². The van der Waals surface area contributed by atoms with Crippen LogP contribution in [-0.2, 0) is 27.3 Å². The molecule has 220 valence electrons. The first-order valence-corrected chi connectivity index (χ1v) is 13.5. The average molecular weight is 581 g/mol. The van der Waals surface area contributed by atoms with Crippen molar-refractivity contribution >= 4 is 40.9 Å². The Morgan fingerprint density at radius 2 is 1.42 bits per heavy atom. The van der Waals surface area contributed by atoms with E-state index in [1.54, 1.807) is 55.6 Å². The molecule has 10 heteroatoms. The molecule has 10 nitrogen and oxygen atoms in total. The van der Waals surface area contributed by atoms with Crippen LogP contribution in [0.3, 0.4) is 0 Å². The molecule has 4 aromatic rings. The fourth-order valence-electron chi connectivity index (χ4n) is 4.27. The van der Waals surface area contributed by atoms with Crippen LogP contribution in [0.4, 0.5) is 21.9 Å². The highest BCUT2D eigenvalue weighted by Crippen LogP contribution is 2.30. The Morgan fingerprint density at radius 1 is 0.767 bits per heavy atom. The number of aliphatic carboxylic acids is 1. The molecule has 0 unspecified atom stereocenters. The van der Waals surface area contributed by atoms with E-state index in [1.807, 2.05) is 60.7 Å². The van der Waals surface area contributed by atoms with Crippen molar-refractivity contribution in [1.82, 2.24) is 5.32 Å². The van der Waals surface area contributed by atoms with E-state index >= 15 is 0 Å².